The van der Waals surface area contributed by atoms with Gasteiger partial charge in [-0.15, -0.1) is 11.3 Å². The van der Waals surface area contributed by atoms with Crippen LogP contribution in [0.1, 0.15) is 11.5 Å². The van der Waals surface area contributed by atoms with Crippen LogP contribution in [-0.4, -0.2) is 48.7 Å². The first-order valence-electron chi connectivity index (χ1n) is 8.51. The third-order valence-electron chi connectivity index (χ3n) is 5.46. The molecule has 1 aromatic carbocycles. The van der Waals surface area contributed by atoms with Crippen LogP contribution in [0.4, 0.5) is 5.69 Å². The lowest BCUT2D eigenvalue weighted by molar-refractivity contribution is -0.122. The van der Waals surface area contributed by atoms with Crippen molar-refractivity contribution in [3.8, 4) is 0 Å². The predicted molar refractivity (Wildman–Crippen MR) is 102 cm³/mol. The third kappa shape index (κ3) is 2.42. The number of carbonyl (C=O) groups is 1. The van der Waals surface area contributed by atoms with E-state index in [2.05, 4.69) is 9.97 Å². The van der Waals surface area contributed by atoms with Crippen molar-refractivity contribution in [3.63, 3.8) is 0 Å². The van der Waals surface area contributed by atoms with Gasteiger partial charge < -0.3 is 4.90 Å². The number of hydrogen-bond donors (Lipinski definition) is 0. The summed E-state index contributed by atoms with van der Waals surface area (Å²) >= 11 is 1.47. The van der Waals surface area contributed by atoms with E-state index in [4.69, 9.17) is 0 Å². The fraction of sp³-hybridized carbons (Fsp3) is 0.278. The number of amides is 1. The molecule has 2 aliphatic heterocycles. The first-order chi connectivity index (χ1) is 13.0. The van der Waals surface area contributed by atoms with E-state index in [9.17, 15) is 13.2 Å². The summed E-state index contributed by atoms with van der Waals surface area (Å²) in [6.45, 7) is 0.458. The number of benzene rings is 1. The molecule has 7 nitrogen and oxygen atoms in total. The molecule has 0 radical (unpaired) electrons. The smallest absolute Gasteiger partial charge is 0.243 e. The van der Waals surface area contributed by atoms with Crippen molar-refractivity contribution < 1.29 is 13.2 Å². The van der Waals surface area contributed by atoms with Crippen molar-refractivity contribution in [1.29, 1.82) is 0 Å². The van der Waals surface area contributed by atoms with Gasteiger partial charge in [-0.2, -0.15) is 4.31 Å². The molecule has 4 heterocycles. The molecule has 2 atom stereocenters. The zero-order chi connectivity index (χ0) is 18.8. The summed E-state index contributed by atoms with van der Waals surface area (Å²) in [5.41, 5.74) is 4.10. The topological polar surface area (TPSA) is 83.5 Å². The summed E-state index contributed by atoms with van der Waals surface area (Å²) in [7, 11) is -1.98. The number of nitrogens with zero attached hydrogens (tertiary/aromatic N) is 4. The lowest BCUT2D eigenvalue weighted by Gasteiger charge is -2.32. The van der Waals surface area contributed by atoms with Crippen LogP contribution < -0.4 is 4.90 Å². The van der Waals surface area contributed by atoms with Gasteiger partial charge in [-0.1, -0.05) is 0 Å². The number of anilines is 1. The maximum atomic E-state index is 13.2. The maximum Gasteiger partial charge on any atom is 0.243 e. The van der Waals surface area contributed by atoms with E-state index >= 15 is 0 Å². The van der Waals surface area contributed by atoms with Gasteiger partial charge in [0, 0.05) is 44.1 Å². The number of rotatable bonds is 2. The van der Waals surface area contributed by atoms with Gasteiger partial charge in [0.1, 0.15) is 0 Å². The molecule has 0 bridgehead atoms. The molecule has 1 fully saturated rings. The van der Waals surface area contributed by atoms with E-state index in [1.807, 2.05) is 0 Å². The van der Waals surface area contributed by atoms with Gasteiger partial charge in [-0.3, -0.25) is 9.78 Å². The quantitative estimate of drug-likeness (QED) is 0.658. The Kier molecular flexibility index (Phi) is 3.62. The molecule has 2 aromatic heterocycles. The molecule has 1 amide bonds. The fourth-order valence-corrected chi connectivity index (χ4v) is 6.21. The Morgan fingerprint density at radius 2 is 2.00 bits per heavy atom. The molecule has 5 rings (SSSR count). The number of aromatic nitrogens is 2. The van der Waals surface area contributed by atoms with Crippen LogP contribution in [0.25, 0.3) is 10.2 Å². The van der Waals surface area contributed by atoms with E-state index in [1.54, 1.807) is 54.1 Å². The van der Waals surface area contributed by atoms with Crippen LogP contribution in [0, 0.1) is 5.92 Å². The molecule has 0 saturated carbocycles. The van der Waals surface area contributed by atoms with Gasteiger partial charge in [0.15, 0.2) is 0 Å². The van der Waals surface area contributed by atoms with Gasteiger partial charge in [-0.25, -0.2) is 13.4 Å². The van der Waals surface area contributed by atoms with E-state index in [0.29, 0.717) is 5.52 Å². The van der Waals surface area contributed by atoms with Crippen LogP contribution in [0.15, 0.2) is 47.1 Å². The maximum absolute atomic E-state index is 13.2. The van der Waals surface area contributed by atoms with Crippen LogP contribution in [0.2, 0.25) is 0 Å². The lowest BCUT2D eigenvalue weighted by Crippen LogP contribution is -2.41. The van der Waals surface area contributed by atoms with E-state index in [-0.39, 0.29) is 35.7 Å². The Hall–Kier alpha value is -2.36. The fourth-order valence-electron chi connectivity index (χ4n) is 4.03. The zero-order valence-corrected chi connectivity index (χ0v) is 16.1. The molecular formula is C18H16N4O3S2. The average molecular weight is 400 g/mol. The van der Waals surface area contributed by atoms with E-state index in [1.165, 1.54) is 15.6 Å². The largest absolute Gasteiger partial charge is 0.315 e. The monoisotopic (exact) mass is 400 g/mol. The first kappa shape index (κ1) is 16.8. The Morgan fingerprint density at radius 1 is 1.19 bits per heavy atom. The number of hydrogen-bond acceptors (Lipinski definition) is 6. The molecule has 9 heteroatoms. The number of pyridine rings is 1. The van der Waals surface area contributed by atoms with Gasteiger partial charge in [-0.05, 0) is 29.8 Å². The highest BCUT2D eigenvalue weighted by Gasteiger charge is 2.48. The SMILES string of the molecule is CN1C(=O)[C@@H]2CN(S(=O)(=O)c3ccc4scnc4c3)C[C@@H]2c2cnccc21. The minimum Gasteiger partial charge on any atom is -0.315 e. The van der Waals surface area contributed by atoms with Crippen molar-refractivity contribution in [3.05, 3.63) is 47.7 Å². The van der Waals surface area contributed by atoms with E-state index in [0.717, 1.165) is 16.0 Å². The van der Waals surface area contributed by atoms with Crippen LogP contribution in [-0.2, 0) is 14.8 Å². The standard InChI is InChI=1S/C18H16N4O3S2/c1-21-16-4-5-19-7-12(16)13-8-22(9-14(13)18(21)23)27(24,25)11-2-3-17-15(6-11)20-10-26-17/h2-7,10,13-14H,8-9H2,1H3/t13-,14-/m1/s1. The molecular weight excluding hydrogens is 384 g/mol. The van der Waals surface area contributed by atoms with Gasteiger partial charge in [0.05, 0.1) is 26.5 Å². The molecule has 1 saturated heterocycles. The molecule has 0 N–H and O–H groups in total. The second-order valence-corrected chi connectivity index (χ2v) is 9.67. The number of fused-ring (bicyclic) bond motifs is 4. The highest BCUT2D eigenvalue weighted by molar-refractivity contribution is 7.89. The summed E-state index contributed by atoms with van der Waals surface area (Å²) in [6, 6.07) is 6.80. The molecule has 3 aromatic rings. The lowest BCUT2D eigenvalue weighted by atomic mass is 9.84. The first-order valence-corrected chi connectivity index (χ1v) is 10.8. The Morgan fingerprint density at radius 3 is 2.85 bits per heavy atom. The van der Waals surface area contributed by atoms with Crippen LogP contribution in [0.5, 0.6) is 0 Å². The molecule has 0 aliphatic carbocycles. The van der Waals surface area contributed by atoms with Crippen LogP contribution >= 0.6 is 11.3 Å². The molecule has 138 valence electrons. The molecule has 0 spiro atoms. The van der Waals surface area contributed by atoms with Crippen molar-refractivity contribution in [2.75, 3.05) is 25.0 Å². The molecule has 0 unspecified atom stereocenters. The number of thiazole rings is 1. The zero-order valence-electron chi connectivity index (χ0n) is 14.4. The molecule has 27 heavy (non-hydrogen) atoms. The normalized spacial score (nSPS) is 22.9. The summed E-state index contributed by atoms with van der Waals surface area (Å²) in [5, 5.41) is 0. The van der Waals surface area contributed by atoms with Crippen LogP contribution in [0.3, 0.4) is 0 Å². The second kappa shape index (κ2) is 5.82. The minimum atomic E-state index is -3.70. The van der Waals surface area contributed by atoms with Crippen molar-refractivity contribution in [2.45, 2.75) is 10.8 Å². The summed E-state index contributed by atoms with van der Waals surface area (Å²) in [6.07, 6.45) is 3.39. The Labute approximate surface area is 160 Å². The van der Waals surface area contributed by atoms with Crippen molar-refractivity contribution >= 4 is 43.2 Å². The van der Waals surface area contributed by atoms with E-state index < -0.39 is 10.0 Å². The number of sulfonamides is 1. The second-order valence-electron chi connectivity index (χ2n) is 6.85. The molecule has 2 aliphatic rings. The number of carbonyl (C=O) groups excluding carboxylic acids is 1. The average Bonchev–Trinajstić information content (AvgIpc) is 3.33. The van der Waals surface area contributed by atoms with Crippen molar-refractivity contribution in [1.82, 2.24) is 14.3 Å². The highest BCUT2D eigenvalue weighted by Crippen LogP contribution is 2.44. The predicted octanol–water partition coefficient (Wildman–Crippen LogP) is 2.07. The summed E-state index contributed by atoms with van der Waals surface area (Å²) < 4.78 is 28.8. The summed E-state index contributed by atoms with van der Waals surface area (Å²) in [4.78, 5) is 23.0. The highest BCUT2D eigenvalue weighted by atomic mass is 32.2. The third-order valence-corrected chi connectivity index (χ3v) is 8.10. The summed E-state index contributed by atoms with van der Waals surface area (Å²) in [5.74, 6) is -0.606. The van der Waals surface area contributed by atoms with Gasteiger partial charge >= 0.3 is 0 Å². The van der Waals surface area contributed by atoms with Crippen molar-refractivity contribution in [2.24, 2.45) is 5.92 Å². The van der Waals surface area contributed by atoms with Gasteiger partial charge in [0.25, 0.3) is 0 Å². The van der Waals surface area contributed by atoms with Gasteiger partial charge in [0.2, 0.25) is 15.9 Å². The Balaban J connectivity index is 1.54. The minimum absolute atomic E-state index is 0.0497. The Bertz CT molecular complexity index is 1170.